The Morgan fingerprint density at radius 2 is 0.877 bits per heavy atom. The van der Waals surface area contributed by atoms with Crippen molar-refractivity contribution < 1.29 is 39.8 Å². The summed E-state index contributed by atoms with van der Waals surface area (Å²) < 4.78 is 11.3. The molecule has 65 heavy (non-hydrogen) atoms. The SMILES string of the molecule is CCCCCCCCCCCCCCCCC/C=C/CC/C=C/C(O)C(COC1OC(CO)C(O)C(O)C1O)NC(=O)CCCCCCCCCCCCCCCCCCCCCCC. The van der Waals surface area contributed by atoms with Crippen LogP contribution < -0.4 is 5.32 Å². The number of rotatable bonds is 48. The van der Waals surface area contributed by atoms with Gasteiger partial charge in [0.25, 0.3) is 0 Å². The molecule has 1 saturated heterocycles. The molecule has 1 heterocycles. The Bertz CT molecular complexity index is 1070. The highest BCUT2D eigenvalue weighted by molar-refractivity contribution is 5.76. The van der Waals surface area contributed by atoms with Gasteiger partial charge in [-0.2, -0.15) is 0 Å². The maximum atomic E-state index is 13.0. The molecule has 9 heteroatoms. The van der Waals surface area contributed by atoms with E-state index < -0.39 is 49.5 Å². The van der Waals surface area contributed by atoms with Gasteiger partial charge in [-0.05, 0) is 32.1 Å². The van der Waals surface area contributed by atoms with Crippen LogP contribution in [0, 0.1) is 0 Å². The van der Waals surface area contributed by atoms with Gasteiger partial charge in [0, 0.05) is 6.42 Å². The molecule has 0 aromatic rings. The highest BCUT2D eigenvalue weighted by Gasteiger charge is 2.44. The third kappa shape index (κ3) is 36.3. The van der Waals surface area contributed by atoms with Crippen molar-refractivity contribution in [3.63, 3.8) is 0 Å². The Labute approximate surface area is 400 Å². The minimum atomic E-state index is -1.57. The molecule has 1 aliphatic heterocycles. The van der Waals surface area contributed by atoms with E-state index in [-0.39, 0.29) is 12.5 Å². The second-order valence-corrected chi connectivity index (χ2v) is 19.7. The molecule has 0 aromatic heterocycles. The highest BCUT2D eigenvalue weighted by Crippen LogP contribution is 2.23. The lowest BCUT2D eigenvalue weighted by Crippen LogP contribution is -2.60. The summed E-state index contributed by atoms with van der Waals surface area (Å²) in [5.41, 5.74) is 0. The second kappa shape index (κ2) is 46.4. The molecule has 1 rings (SSSR count). The van der Waals surface area contributed by atoms with E-state index in [1.165, 1.54) is 212 Å². The molecule has 6 N–H and O–H groups in total. The molecular formula is C56H107NO8. The van der Waals surface area contributed by atoms with Crippen molar-refractivity contribution >= 4 is 5.91 Å². The molecule has 384 valence electrons. The Balaban J connectivity index is 2.26. The van der Waals surface area contributed by atoms with Crippen LogP contribution in [-0.4, -0.2) is 87.5 Å². The molecule has 1 aliphatic rings. The van der Waals surface area contributed by atoms with Crippen molar-refractivity contribution in [1.82, 2.24) is 5.32 Å². The average molecular weight is 922 g/mol. The number of unbranched alkanes of at least 4 members (excludes halogenated alkanes) is 36. The summed E-state index contributed by atoms with van der Waals surface area (Å²) in [7, 11) is 0. The van der Waals surface area contributed by atoms with Gasteiger partial charge in [0.05, 0.1) is 25.4 Å². The second-order valence-electron chi connectivity index (χ2n) is 19.7. The number of aliphatic hydroxyl groups is 5. The lowest BCUT2D eigenvalue weighted by molar-refractivity contribution is -0.302. The van der Waals surface area contributed by atoms with Crippen molar-refractivity contribution in [3.05, 3.63) is 24.3 Å². The van der Waals surface area contributed by atoms with E-state index in [0.717, 1.165) is 38.5 Å². The van der Waals surface area contributed by atoms with Crippen LogP contribution in [-0.2, 0) is 14.3 Å². The van der Waals surface area contributed by atoms with Gasteiger partial charge in [-0.1, -0.05) is 256 Å². The largest absolute Gasteiger partial charge is 0.394 e. The standard InChI is InChI=1S/C56H107NO8/c1-3-5-7-9-11-13-15-17-19-21-23-25-27-29-31-33-35-37-39-41-43-45-50(59)49(48-64-56-55(63)54(62)53(61)51(47-58)65-56)57-52(60)46-44-42-40-38-36-34-32-30-28-26-24-22-20-18-16-14-12-10-8-6-4-2/h35,37,43,45,49-51,53-56,58-59,61-63H,3-34,36,38-42,44,46-48H2,1-2H3,(H,57,60)/b37-35+,45-43+. The minimum absolute atomic E-state index is 0.181. The Kier molecular flexibility index (Phi) is 44.0. The van der Waals surface area contributed by atoms with Crippen LogP contribution in [0.4, 0.5) is 0 Å². The van der Waals surface area contributed by atoms with E-state index in [0.29, 0.717) is 6.42 Å². The van der Waals surface area contributed by atoms with Crippen LogP contribution in [0.2, 0.25) is 0 Å². The smallest absolute Gasteiger partial charge is 0.220 e. The third-order valence-corrected chi connectivity index (χ3v) is 13.5. The maximum absolute atomic E-state index is 13.0. The lowest BCUT2D eigenvalue weighted by Gasteiger charge is -2.40. The number of aliphatic hydroxyl groups excluding tert-OH is 5. The third-order valence-electron chi connectivity index (χ3n) is 13.5. The van der Waals surface area contributed by atoms with E-state index in [9.17, 15) is 30.3 Å². The van der Waals surface area contributed by atoms with Gasteiger partial charge >= 0.3 is 0 Å². The van der Waals surface area contributed by atoms with Gasteiger partial charge < -0.3 is 40.3 Å². The number of amides is 1. The fourth-order valence-electron chi connectivity index (χ4n) is 9.06. The summed E-state index contributed by atoms with van der Waals surface area (Å²) in [5, 5.41) is 54.4. The van der Waals surface area contributed by atoms with Crippen LogP contribution >= 0.6 is 0 Å². The van der Waals surface area contributed by atoms with Crippen molar-refractivity contribution in [2.75, 3.05) is 13.2 Å². The quantitative estimate of drug-likeness (QED) is 0.0261. The number of hydrogen-bond donors (Lipinski definition) is 6. The van der Waals surface area contributed by atoms with Gasteiger partial charge in [0.2, 0.25) is 5.91 Å². The summed E-state index contributed by atoms with van der Waals surface area (Å²) in [6.45, 7) is 3.80. The Morgan fingerprint density at radius 1 is 0.508 bits per heavy atom. The predicted molar refractivity (Wildman–Crippen MR) is 272 cm³/mol. The van der Waals surface area contributed by atoms with E-state index in [1.54, 1.807) is 6.08 Å². The van der Waals surface area contributed by atoms with Gasteiger partial charge in [-0.15, -0.1) is 0 Å². The Morgan fingerprint density at radius 3 is 1.29 bits per heavy atom. The molecule has 0 bridgehead atoms. The van der Waals surface area contributed by atoms with Crippen LogP contribution in [0.5, 0.6) is 0 Å². The number of carbonyl (C=O) groups is 1. The van der Waals surface area contributed by atoms with Crippen molar-refractivity contribution in [1.29, 1.82) is 0 Å². The van der Waals surface area contributed by atoms with E-state index in [2.05, 4.69) is 31.3 Å². The summed E-state index contributed by atoms with van der Waals surface area (Å²) in [6.07, 6.45) is 51.0. The molecule has 0 radical (unpaired) electrons. The summed E-state index contributed by atoms with van der Waals surface area (Å²) in [6, 6.07) is -0.818. The van der Waals surface area contributed by atoms with Crippen LogP contribution in [0.15, 0.2) is 24.3 Å². The first kappa shape index (κ1) is 61.7. The number of nitrogens with one attached hydrogen (secondary N) is 1. The van der Waals surface area contributed by atoms with Crippen molar-refractivity contribution in [3.8, 4) is 0 Å². The first-order valence-electron chi connectivity index (χ1n) is 28.1. The van der Waals surface area contributed by atoms with Crippen LogP contribution in [0.3, 0.4) is 0 Å². The average Bonchev–Trinajstić information content (AvgIpc) is 3.31. The molecule has 0 aliphatic carbocycles. The lowest BCUT2D eigenvalue weighted by atomic mass is 9.99. The van der Waals surface area contributed by atoms with E-state index in [4.69, 9.17) is 9.47 Å². The van der Waals surface area contributed by atoms with Crippen molar-refractivity contribution in [2.24, 2.45) is 0 Å². The predicted octanol–water partition coefficient (Wildman–Crippen LogP) is 13.4. The van der Waals surface area contributed by atoms with Gasteiger partial charge in [-0.25, -0.2) is 0 Å². The molecule has 0 spiro atoms. The van der Waals surface area contributed by atoms with E-state index in [1.807, 2.05) is 6.08 Å². The molecule has 1 amide bonds. The molecule has 0 saturated carbocycles. The van der Waals surface area contributed by atoms with Gasteiger partial charge in [-0.3, -0.25) is 4.79 Å². The molecule has 0 aromatic carbocycles. The first-order chi connectivity index (χ1) is 31.8. The van der Waals surface area contributed by atoms with Gasteiger partial charge in [0.1, 0.15) is 24.4 Å². The normalized spacial score (nSPS) is 20.0. The highest BCUT2D eigenvalue weighted by atomic mass is 16.7. The molecule has 9 nitrogen and oxygen atoms in total. The number of carbonyl (C=O) groups excluding carboxylic acids is 1. The van der Waals surface area contributed by atoms with Crippen LogP contribution in [0.1, 0.15) is 271 Å². The van der Waals surface area contributed by atoms with Crippen LogP contribution in [0.25, 0.3) is 0 Å². The monoisotopic (exact) mass is 922 g/mol. The molecular weight excluding hydrogens is 815 g/mol. The maximum Gasteiger partial charge on any atom is 0.220 e. The molecule has 7 atom stereocenters. The Hall–Kier alpha value is -1.33. The number of allylic oxidation sites excluding steroid dienone is 3. The number of hydrogen-bond acceptors (Lipinski definition) is 8. The van der Waals surface area contributed by atoms with E-state index >= 15 is 0 Å². The number of ether oxygens (including phenoxy) is 2. The topological polar surface area (TPSA) is 149 Å². The first-order valence-corrected chi connectivity index (χ1v) is 28.1. The molecule has 1 fully saturated rings. The fraction of sp³-hybridized carbons (Fsp3) is 0.911. The zero-order valence-corrected chi connectivity index (χ0v) is 42.5. The minimum Gasteiger partial charge on any atom is -0.394 e. The van der Waals surface area contributed by atoms with Gasteiger partial charge in [0.15, 0.2) is 6.29 Å². The summed E-state index contributed by atoms with van der Waals surface area (Å²) in [5.74, 6) is -0.181. The fourth-order valence-corrected chi connectivity index (χ4v) is 9.06. The van der Waals surface area contributed by atoms with Crippen molar-refractivity contribution in [2.45, 2.75) is 314 Å². The molecule has 7 unspecified atom stereocenters. The zero-order chi connectivity index (χ0) is 47.3. The summed E-state index contributed by atoms with van der Waals surface area (Å²) in [4.78, 5) is 13.0. The zero-order valence-electron chi connectivity index (χ0n) is 42.5. The summed E-state index contributed by atoms with van der Waals surface area (Å²) >= 11 is 0.